The van der Waals surface area contributed by atoms with Gasteiger partial charge in [0.15, 0.2) is 17.3 Å². The molecule has 2 N–H and O–H groups in total. The van der Waals surface area contributed by atoms with E-state index in [2.05, 4.69) is 0 Å². The van der Waals surface area contributed by atoms with Gasteiger partial charge in [0.2, 0.25) is 0 Å². The highest BCUT2D eigenvalue weighted by molar-refractivity contribution is 6.02. The summed E-state index contributed by atoms with van der Waals surface area (Å²) in [5.41, 5.74) is 0.536. The van der Waals surface area contributed by atoms with Crippen molar-refractivity contribution in [2.24, 2.45) is 11.3 Å². The van der Waals surface area contributed by atoms with E-state index in [0.29, 0.717) is 36.0 Å². The molecule has 0 aliphatic heterocycles. The molecule has 1 fully saturated rings. The molecule has 0 spiro atoms. The van der Waals surface area contributed by atoms with Crippen LogP contribution in [0.15, 0.2) is 6.07 Å². The number of Topliss-reactive ketones (excluding diaryl/α,β-unsaturated/α-hetero) is 2. The second-order valence-electron chi connectivity index (χ2n) is 8.48. The molecule has 2 atom stereocenters. The number of hydrogen-bond acceptors (Lipinski definition) is 4. The molecule has 0 saturated heterocycles. The minimum atomic E-state index is -0.612. The summed E-state index contributed by atoms with van der Waals surface area (Å²) in [6.07, 6.45) is 1.33. The van der Waals surface area contributed by atoms with E-state index in [1.54, 1.807) is 6.07 Å². The molecular weight excluding hydrogens is 304 g/mol. The van der Waals surface area contributed by atoms with Crippen LogP contribution in [0.5, 0.6) is 11.5 Å². The standard InChI is InChI=1S/C20H26O4/c1-10(2)11-8-12-13(21)9-14-19(3,4)15(22)6-7-20(14,5)16(12)18(24)17(11)23/h8,10,14,23-24H,6-7,9H2,1-5H3/t14-,20-/m0/s1. The maximum atomic E-state index is 12.8. The van der Waals surface area contributed by atoms with E-state index < -0.39 is 10.8 Å². The number of phenolic OH excluding ortho intramolecular Hbond substituents is 2. The number of aromatic hydroxyl groups is 2. The molecular formula is C20H26O4. The van der Waals surface area contributed by atoms with Gasteiger partial charge in [-0.15, -0.1) is 0 Å². The molecule has 4 heteroatoms. The number of rotatable bonds is 1. The Kier molecular flexibility index (Phi) is 3.60. The Bertz CT molecular complexity index is 744. The fraction of sp³-hybridized carbons (Fsp3) is 0.600. The van der Waals surface area contributed by atoms with Crippen molar-refractivity contribution in [1.29, 1.82) is 0 Å². The summed E-state index contributed by atoms with van der Waals surface area (Å²) in [6, 6.07) is 1.74. The summed E-state index contributed by atoms with van der Waals surface area (Å²) in [6.45, 7) is 9.65. The molecule has 24 heavy (non-hydrogen) atoms. The van der Waals surface area contributed by atoms with Gasteiger partial charge >= 0.3 is 0 Å². The van der Waals surface area contributed by atoms with Crippen molar-refractivity contribution in [2.45, 2.75) is 65.2 Å². The predicted octanol–water partition coefficient (Wildman–Crippen LogP) is 4.07. The molecule has 4 nitrogen and oxygen atoms in total. The third kappa shape index (κ3) is 2.04. The number of fused-ring (bicyclic) bond motifs is 3. The van der Waals surface area contributed by atoms with Crippen molar-refractivity contribution in [3.05, 3.63) is 22.8 Å². The summed E-state index contributed by atoms with van der Waals surface area (Å²) in [5.74, 6) is -0.350. The van der Waals surface area contributed by atoms with E-state index in [1.165, 1.54) is 0 Å². The summed E-state index contributed by atoms with van der Waals surface area (Å²) in [7, 11) is 0. The number of carbonyl (C=O) groups is 2. The zero-order chi connectivity index (χ0) is 18.0. The summed E-state index contributed by atoms with van der Waals surface area (Å²) in [5, 5.41) is 21.2. The molecule has 0 amide bonds. The van der Waals surface area contributed by atoms with Gasteiger partial charge in [0, 0.05) is 40.4 Å². The van der Waals surface area contributed by atoms with Gasteiger partial charge in [0.1, 0.15) is 5.78 Å². The molecule has 0 radical (unpaired) electrons. The highest BCUT2D eigenvalue weighted by Gasteiger charge is 2.56. The molecule has 0 heterocycles. The summed E-state index contributed by atoms with van der Waals surface area (Å²) >= 11 is 0. The first kappa shape index (κ1) is 17.0. The lowest BCUT2D eigenvalue weighted by atomic mass is 9.49. The lowest BCUT2D eigenvalue weighted by Crippen LogP contribution is -2.53. The minimum Gasteiger partial charge on any atom is -0.504 e. The largest absolute Gasteiger partial charge is 0.504 e. The lowest BCUT2D eigenvalue weighted by molar-refractivity contribution is -0.136. The predicted molar refractivity (Wildman–Crippen MR) is 91.7 cm³/mol. The molecule has 1 saturated carbocycles. The van der Waals surface area contributed by atoms with Gasteiger partial charge in [0.05, 0.1) is 0 Å². The Hall–Kier alpha value is -1.84. The van der Waals surface area contributed by atoms with Gasteiger partial charge < -0.3 is 10.2 Å². The minimum absolute atomic E-state index is 0.00361. The van der Waals surface area contributed by atoms with Crippen LogP contribution in [0, 0.1) is 11.3 Å². The first-order valence-corrected chi connectivity index (χ1v) is 8.67. The van der Waals surface area contributed by atoms with E-state index in [0.717, 1.165) is 0 Å². The number of ketones is 2. The van der Waals surface area contributed by atoms with E-state index in [-0.39, 0.29) is 34.9 Å². The zero-order valence-corrected chi connectivity index (χ0v) is 15.1. The lowest BCUT2D eigenvalue weighted by Gasteiger charge is -2.52. The van der Waals surface area contributed by atoms with Crippen LogP contribution in [0.4, 0.5) is 0 Å². The van der Waals surface area contributed by atoms with Crippen LogP contribution in [0.25, 0.3) is 0 Å². The van der Waals surface area contributed by atoms with Gasteiger partial charge in [-0.05, 0) is 24.3 Å². The topological polar surface area (TPSA) is 74.6 Å². The molecule has 0 bridgehead atoms. The smallest absolute Gasteiger partial charge is 0.163 e. The molecule has 0 unspecified atom stereocenters. The third-order valence-electron chi connectivity index (χ3n) is 6.42. The Balaban J connectivity index is 2.29. The molecule has 3 rings (SSSR count). The zero-order valence-electron chi connectivity index (χ0n) is 15.1. The molecule has 0 aromatic heterocycles. The second kappa shape index (κ2) is 5.08. The quantitative estimate of drug-likeness (QED) is 0.761. The number of hydrogen-bond donors (Lipinski definition) is 2. The fourth-order valence-corrected chi connectivity index (χ4v) is 4.85. The van der Waals surface area contributed by atoms with Crippen molar-refractivity contribution in [3.8, 4) is 11.5 Å². The Morgan fingerprint density at radius 1 is 1.12 bits per heavy atom. The maximum Gasteiger partial charge on any atom is 0.163 e. The number of carbonyl (C=O) groups excluding carboxylic acids is 2. The molecule has 1 aromatic rings. The molecule has 1 aromatic carbocycles. The average Bonchev–Trinajstić information content (AvgIpc) is 2.49. The first-order valence-electron chi connectivity index (χ1n) is 8.67. The summed E-state index contributed by atoms with van der Waals surface area (Å²) < 4.78 is 0. The fourth-order valence-electron chi connectivity index (χ4n) is 4.85. The van der Waals surface area contributed by atoms with E-state index >= 15 is 0 Å². The van der Waals surface area contributed by atoms with Crippen LogP contribution >= 0.6 is 0 Å². The average molecular weight is 330 g/mol. The van der Waals surface area contributed by atoms with Gasteiger partial charge in [0.25, 0.3) is 0 Å². The molecule has 2 aliphatic carbocycles. The van der Waals surface area contributed by atoms with Gasteiger partial charge in [-0.25, -0.2) is 0 Å². The molecule has 2 aliphatic rings. The van der Waals surface area contributed by atoms with E-state index in [1.807, 2.05) is 34.6 Å². The van der Waals surface area contributed by atoms with Crippen molar-refractivity contribution in [1.82, 2.24) is 0 Å². The van der Waals surface area contributed by atoms with Crippen LogP contribution in [-0.4, -0.2) is 21.8 Å². The number of phenols is 2. The Morgan fingerprint density at radius 3 is 2.33 bits per heavy atom. The van der Waals surface area contributed by atoms with Crippen molar-refractivity contribution >= 4 is 11.6 Å². The van der Waals surface area contributed by atoms with Crippen molar-refractivity contribution in [3.63, 3.8) is 0 Å². The van der Waals surface area contributed by atoms with Crippen LogP contribution in [-0.2, 0) is 10.2 Å². The van der Waals surface area contributed by atoms with Gasteiger partial charge in [-0.2, -0.15) is 0 Å². The van der Waals surface area contributed by atoms with Crippen LogP contribution < -0.4 is 0 Å². The molecule has 130 valence electrons. The van der Waals surface area contributed by atoms with Crippen LogP contribution in [0.2, 0.25) is 0 Å². The monoisotopic (exact) mass is 330 g/mol. The van der Waals surface area contributed by atoms with Crippen LogP contribution in [0.3, 0.4) is 0 Å². The number of benzene rings is 1. The van der Waals surface area contributed by atoms with E-state index in [4.69, 9.17) is 0 Å². The first-order chi connectivity index (χ1) is 11.0. The van der Waals surface area contributed by atoms with Gasteiger partial charge in [-0.1, -0.05) is 34.6 Å². The van der Waals surface area contributed by atoms with Crippen LogP contribution in [0.1, 0.15) is 81.3 Å². The highest BCUT2D eigenvalue weighted by atomic mass is 16.3. The normalized spacial score (nSPS) is 28.7. The Labute approximate surface area is 142 Å². The maximum absolute atomic E-state index is 12.8. The summed E-state index contributed by atoms with van der Waals surface area (Å²) in [4.78, 5) is 25.2. The van der Waals surface area contributed by atoms with Crippen molar-refractivity contribution < 1.29 is 19.8 Å². The SMILES string of the molecule is CC(C)c1cc2c(c(O)c1O)[C@@]1(C)CCC(=O)C(C)(C)[C@@H]1CC2=O. The highest BCUT2D eigenvalue weighted by Crippen LogP contribution is 2.59. The van der Waals surface area contributed by atoms with Gasteiger partial charge in [-0.3, -0.25) is 9.59 Å². The third-order valence-corrected chi connectivity index (χ3v) is 6.42. The van der Waals surface area contributed by atoms with Crippen molar-refractivity contribution in [2.75, 3.05) is 0 Å². The Morgan fingerprint density at radius 2 is 1.75 bits per heavy atom. The van der Waals surface area contributed by atoms with E-state index in [9.17, 15) is 19.8 Å². The second-order valence-corrected chi connectivity index (χ2v) is 8.48.